The van der Waals surface area contributed by atoms with Crippen LogP contribution >= 0.6 is 0 Å². The lowest BCUT2D eigenvalue weighted by molar-refractivity contribution is 0.285. The van der Waals surface area contributed by atoms with E-state index in [0.29, 0.717) is 17.5 Å². The molecular formula is C12H15N3O4S. The molecule has 0 spiro atoms. The molecule has 2 N–H and O–H groups in total. The molecule has 2 rings (SSSR count). The van der Waals surface area contributed by atoms with Crippen LogP contribution in [0.5, 0.6) is 5.75 Å². The minimum Gasteiger partial charge on any atom is -0.485 e. The van der Waals surface area contributed by atoms with Crippen molar-refractivity contribution >= 4 is 10.0 Å². The van der Waals surface area contributed by atoms with Gasteiger partial charge < -0.3 is 9.26 Å². The minimum absolute atomic E-state index is 0.0367. The van der Waals surface area contributed by atoms with Gasteiger partial charge in [0.2, 0.25) is 21.7 Å². The van der Waals surface area contributed by atoms with E-state index < -0.39 is 10.0 Å². The van der Waals surface area contributed by atoms with Crippen LogP contribution in [0.3, 0.4) is 0 Å². The second-order valence-corrected chi connectivity index (χ2v) is 5.72. The fourth-order valence-electron chi connectivity index (χ4n) is 1.54. The Morgan fingerprint density at radius 3 is 2.60 bits per heavy atom. The van der Waals surface area contributed by atoms with Crippen molar-refractivity contribution in [3.05, 3.63) is 36.0 Å². The standard InChI is InChI=1S/C12H15N3O4S/c1-2-3-12-14-11(15-19-12)8-18-9-4-6-10(7-5-9)20(13,16)17/h4-7H,2-3,8H2,1H3,(H2,13,16,17). The van der Waals surface area contributed by atoms with Crippen LogP contribution in [0.25, 0.3) is 0 Å². The Bertz CT molecular complexity index is 664. The van der Waals surface area contributed by atoms with Crippen LogP contribution in [0.2, 0.25) is 0 Å². The Morgan fingerprint density at radius 1 is 1.30 bits per heavy atom. The molecule has 1 heterocycles. The molecule has 0 aliphatic heterocycles. The lowest BCUT2D eigenvalue weighted by Crippen LogP contribution is -2.11. The quantitative estimate of drug-likeness (QED) is 0.859. The Balaban J connectivity index is 1.96. The SMILES string of the molecule is CCCc1nc(COc2ccc(S(N)(=O)=O)cc2)no1. The van der Waals surface area contributed by atoms with Crippen molar-refractivity contribution in [1.29, 1.82) is 0 Å². The molecule has 2 aromatic rings. The number of rotatable bonds is 6. The lowest BCUT2D eigenvalue weighted by Gasteiger charge is -2.03. The number of hydrogen-bond donors (Lipinski definition) is 1. The van der Waals surface area contributed by atoms with Crippen LogP contribution in [-0.4, -0.2) is 18.6 Å². The number of aromatic nitrogens is 2. The van der Waals surface area contributed by atoms with Gasteiger partial charge in [-0.2, -0.15) is 4.98 Å². The van der Waals surface area contributed by atoms with Gasteiger partial charge in [0, 0.05) is 6.42 Å². The van der Waals surface area contributed by atoms with Crippen molar-refractivity contribution in [2.75, 3.05) is 0 Å². The molecular weight excluding hydrogens is 282 g/mol. The van der Waals surface area contributed by atoms with E-state index in [-0.39, 0.29) is 11.5 Å². The van der Waals surface area contributed by atoms with E-state index in [1.54, 1.807) is 0 Å². The molecule has 8 heteroatoms. The molecule has 0 fully saturated rings. The number of nitrogens with two attached hydrogens (primary N) is 1. The molecule has 0 saturated carbocycles. The molecule has 0 radical (unpaired) electrons. The smallest absolute Gasteiger partial charge is 0.238 e. The van der Waals surface area contributed by atoms with Crippen molar-refractivity contribution in [1.82, 2.24) is 10.1 Å². The molecule has 1 aromatic heterocycles. The fraction of sp³-hybridized carbons (Fsp3) is 0.333. The maximum atomic E-state index is 11.1. The Morgan fingerprint density at radius 2 is 2.00 bits per heavy atom. The van der Waals surface area contributed by atoms with Gasteiger partial charge in [-0.15, -0.1) is 0 Å². The Labute approximate surface area is 116 Å². The summed E-state index contributed by atoms with van der Waals surface area (Å²) in [5.74, 6) is 1.53. The van der Waals surface area contributed by atoms with E-state index in [2.05, 4.69) is 10.1 Å². The highest BCUT2D eigenvalue weighted by molar-refractivity contribution is 7.89. The number of sulfonamides is 1. The summed E-state index contributed by atoms with van der Waals surface area (Å²) in [6, 6.07) is 5.80. The average molecular weight is 297 g/mol. The van der Waals surface area contributed by atoms with E-state index in [9.17, 15) is 8.42 Å². The third-order valence-corrected chi connectivity index (χ3v) is 3.42. The highest BCUT2D eigenvalue weighted by Gasteiger charge is 2.08. The first-order valence-corrected chi connectivity index (χ1v) is 7.61. The zero-order valence-corrected chi connectivity index (χ0v) is 11.8. The van der Waals surface area contributed by atoms with E-state index in [4.69, 9.17) is 14.4 Å². The molecule has 0 unspecified atom stereocenters. The van der Waals surface area contributed by atoms with E-state index in [1.165, 1.54) is 24.3 Å². The molecule has 20 heavy (non-hydrogen) atoms. The molecule has 0 bridgehead atoms. The summed E-state index contributed by atoms with van der Waals surface area (Å²) in [5.41, 5.74) is 0. The highest BCUT2D eigenvalue weighted by Crippen LogP contribution is 2.15. The number of benzene rings is 1. The van der Waals surface area contributed by atoms with Gasteiger partial charge in [-0.1, -0.05) is 12.1 Å². The van der Waals surface area contributed by atoms with Crippen LogP contribution in [0.4, 0.5) is 0 Å². The first kappa shape index (κ1) is 14.5. The van der Waals surface area contributed by atoms with Gasteiger partial charge in [0.1, 0.15) is 5.75 Å². The molecule has 0 saturated heterocycles. The summed E-state index contributed by atoms with van der Waals surface area (Å²) in [6.45, 7) is 2.18. The zero-order chi connectivity index (χ0) is 14.6. The van der Waals surface area contributed by atoms with Crippen molar-refractivity contribution < 1.29 is 17.7 Å². The number of hydrogen-bond acceptors (Lipinski definition) is 6. The maximum absolute atomic E-state index is 11.1. The van der Waals surface area contributed by atoms with E-state index >= 15 is 0 Å². The molecule has 0 amide bonds. The second kappa shape index (κ2) is 6.02. The van der Waals surface area contributed by atoms with Gasteiger partial charge in [0.15, 0.2) is 6.61 Å². The van der Waals surface area contributed by atoms with Crippen LogP contribution in [-0.2, 0) is 23.1 Å². The van der Waals surface area contributed by atoms with Crippen molar-refractivity contribution in [3.8, 4) is 5.75 Å². The summed E-state index contributed by atoms with van der Waals surface area (Å²) in [6.07, 6.45) is 1.66. The van der Waals surface area contributed by atoms with Crippen LogP contribution in [0.1, 0.15) is 25.1 Å². The summed E-state index contributed by atoms with van der Waals surface area (Å²) in [5, 5.41) is 8.78. The number of aryl methyl sites for hydroxylation is 1. The molecule has 108 valence electrons. The van der Waals surface area contributed by atoms with Gasteiger partial charge in [0.05, 0.1) is 4.90 Å². The van der Waals surface area contributed by atoms with Crippen LogP contribution in [0, 0.1) is 0 Å². The van der Waals surface area contributed by atoms with Crippen LogP contribution < -0.4 is 9.88 Å². The van der Waals surface area contributed by atoms with Crippen molar-refractivity contribution in [2.24, 2.45) is 5.14 Å². The first-order chi connectivity index (χ1) is 9.49. The topological polar surface area (TPSA) is 108 Å². The third kappa shape index (κ3) is 3.78. The van der Waals surface area contributed by atoms with Gasteiger partial charge in [-0.05, 0) is 30.7 Å². The number of ether oxygens (including phenoxy) is 1. The van der Waals surface area contributed by atoms with Gasteiger partial charge in [0.25, 0.3) is 0 Å². The van der Waals surface area contributed by atoms with Gasteiger partial charge in [-0.3, -0.25) is 0 Å². The monoisotopic (exact) mass is 297 g/mol. The van der Waals surface area contributed by atoms with Crippen LogP contribution in [0.15, 0.2) is 33.7 Å². The predicted molar refractivity (Wildman–Crippen MR) is 70.4 cm³/mol. The van der Waals surface area contributed by atoms with E-state index in [1.807, 2.05) is 6.92 Å². The molecule has 0 atom stereocenters. The number of nitrogens with zero attached hydrogens (tertiary/aromatic N) is 2. The predicted octanol–water partition coefficient (Wildman–Crippen LogP) is 1.25. The molecule has 1 aromatic carbocycles. The lowest BCUT2D eigenvalue weighted by atomic mass is 10.3. The van der Waals surface area contributed by atoms with Gasteiger partial charge >= 0.3 is 0 Å². The maximum Gasteiger partial charge on any atom is 0.238 e. The first-order valence-electron chi connectivity index (χ1n) is 6.06. The zero-order valence-electron chi connectivity index (χ0n) is 10.9. The highest BCUT2D eigenvalue weighted by atomic mass is 32.2. The number of primary sulfonamides is 1. The average Bonchev–Trinajstić information content (AvgIpc) is 2.84. The summed E-state index contributed by atoms with van der Waals surface area (Å²) in [7, 11) is -3.68. The fourth-order valence-corrected chi connectivity index (χ4v) is 2.05. The second-order valence-electron chi connectivity index (χ2n) is 4.16. The van der Waals surface area contributed by atoms with Gasteiger partial charge in [-0.25, -0.2) is 13.6 Å². The molecule has 7 nitrogen and oxygen atoms in total. The molecule has 0 aliphatic carbocycles. The van der Waals surface area contributed by atoms with Crippen molar-refractivity contribution in [3.63, 3.8) is 0 Å². The third-order valence-electron chi connectivity index (χ3n) is 2.49. The largest absolute Gasteiger partial charge is 0.485 e. The summed E-state index contributed by atoms with van der Waals surface area (Å²) >= 11 is 0. The Kier molecular flexibility index (Phi) is 4.35. The van der Waals surface area contributed by atoms with Crippen molar-refractivity contribution in [2.45, 2.75) is 31.3 Å². The Hall–Kier alpha value is -1.93. The molecule has 0 aliphatic rings. The van der Waals surface area contributed by atoms with E-state index in [0.717, 1.165) is 12.8 Å². The summed E-state index contributed by atoms with van der Waals surface area (Å²) < 4.78 is 32.6. The normalized spacial score (nSPS) is 11.5. The summed E-state index contributed by atoms with van der Waals surface area (Å²) in [4.78, 5) is 4.19. The minimum atomic E-state index is -3.68.